The second kappa shape index (κ2) is 5.54. The third-order valence-corrected chi connectivity index (χ3v) is 3.87. The summed E-state index contributed by atoms with van der Waals surface area (Å²) in [7, 11) is 0. The number of benzene rings is 1. The topological polar surface area (TPSA) is 29.1 Å². The lowest BCUT2D eigenvalue weighted by atomic mass is 9.80. The van der Waals surface area contributed by atoms with Crippen molar-refractivity contribution in [1.82, 2.24) is 5.32 Å². The van der Waals surface area contributed by atoms with Crippen LogP contribution in [0.1, 0.15) is 42.1 Å². The molecule has 0 spiro atoms. The molecule has 2 rings (SSSR count). The molecule has 1 N–H and O–H groups in total. The minimum absolute atomic E-state index is 0.0105. The molecule has 2 nitrogen and oxygen atoms in total. The minimum Gasteiger partial charge on any atom is -0.349 e. The number of rotatable bonds is 4. The van der Waals surface area contributed by atoms with Crippen LogP contribution in [0.3, 0.4) is 0 Å². The van der Waals surface area contributed by atoms with E-state index in [-0.39, 0.29) is 11.9 Å². The van der Waals surface area contributed by atoms with Gasteiger partial charge in [0.1, 0.15) is 0 Å². The smallest absolute Gasteiger partial charge is 0.251 e. The largest absolute Gasteiger partial charge is 0.349 e. The summed E-state index contributed by atoms with van der Waals surface area (Å²) in [6.07, 6.45) is 3.78. The van der Waals surface area contributed by atoms with Crippen molar-refractivity contribution in [2.45, 2.75) is 38.1 Å². The van der Waals surface area contributed by atoms with Crippen LogP contribution in [0.4, 0.5) is 0 Å². The summed E-state index contributed by atoms with van der Waals surface area (Å²) in [6, 6.07) is 7.77. The second-order valence-corrected chi connectivity index (χ2v) is 5.05. The monoisotopic (exact) mass is 251 g/mol. The van der Waals surface area contributed by atoms with Gasteiger partial charge in [-0.1, -0.05) is 18.6 Å². The first-order chi connectivity index (χ1) is 8.20. The molecule has 1 aromatic rings. The van der Waals surface area contributed by atoms with E-state index in [1.165, 1.54) is 19.3 Å². The summed E-state index contributed by atoms with van der Waals surface area (Å²) in [4.78, 5) is 12.0. The van der Waals surface area contributed by atoms with Crippen molar-refractivity contribution in [1.29, 1.82) is 0 Å². The first-order valence-corrected chi connectivity index (χ1v) is 6.70. The van der Waals surface area contributed by atoms with E-state index in [2.05, 4.69) is 12.2 Å². The van der Waals surface area contributed by atoms with E-state index in [1.54, 1.807) is 0 Å². The number of hydrogen-bond donors (Lipinski definition) is 1. The SMILES string of the molecule is CC(NC(=O)c1cccc(CCl)c1)C1CCC1. The van der Waals surface area contributed by atoms with Crippen LogP contribution in [0.25, 0.3) is 0 Å². The van der Waals surface area contributed by atoms with Crippen LogP contribution >= 0.6 is 11.6 Å². The second-order valence-electron chi connectivity index (χ2n) is 4.79. The lowest BCUT2D eigenvalue weighted by Gasteiger charge is -2.31. The van der Waals surface area contributed by atoms with Gasteiger partial charge >= 0.3 is 0 Å². The highest BCUT2D eigenvalue weighted by atomic mass is 35.5. The molecule has 0 heterocycles. The fraction of sp³-hybridized carbons (Fsp3) is 0.500. The molecule has 1 aliphatic rings. The number of nitrogens with one attached hydrogen (secondary N) is 1. The molecular weight excluding hydrogens is 234 g/mol. The Morgan fingerprint density at radius 2 is 2.29 bits per heavy atom. The molecule has 1 aliphatic carbocycles. The highest BCUT2D eigenvalue weighted by molar-refractivity contribution is 6.17. The number of amides is 1. The van der Waals surface area contributed by atoms with Crippen LogP contribution in [-0.2, 0) is 5.88 Å². The summed E-state index contributed by atoms with van der Waals surface area (Å²) >= 11 is 5.76. The Balaban J connectivity index is 1.98. The lowest BCUT2D eigenvalue weighted by Crippen LogP contribution is -2.40. The van der Waals surface area contributed by atoms with Crippen molar-refractivity contribution in [3.63, 3.8) is 0 Å². The van der Waals surface area contributed by atoms with E-state index < -0.39 is 0 Å². The number of alkyl halides is 1. The average Bonchev–Trinajstić information content (AvgIpc) is 2.26. The van der Waals surface area contributed by atoms with Gasteiger partial charge in [0, 0.05) is 17.5 Å². The highest BCUT2D eigenvalue weighted by Crippen LogP contribution is 2.29. The van der Waals surface area contributed by atoms with Crippen molar-refractivity contribution in [2.75, 3.05) is 0 Å². The summed E-state index contributed by atoms with van der Waals surface area (Å²) < 4.78 is 0. The van der Waals surface area contributed by atoms with Gasteiger partial charge in [-0.05, 0) is 43.4 Å². The first kappa shape index (κ1) is 12.4. The summed E-state index contributed by atoms with van der Waals surface area (Å²) in [6.45, 7) is 2.09. The maximum absolute atomic E-state index is 12.0. The molecule has 0 saturated heterocycles. The van der Waals surface area contributed by atoms with Gasteiger partial charge in [0.2, 0.25) is 0 Å². The molecule has 1 aromatic carbocycles. The van der Waals surface area contributed by atoms with Crippen LogP contribution < -0.4 is 5.32 Å². The van der Waals surface area contributed by atoms with Gasteiger partial charge in [-0.15, -0.1) is 11.6 Å². The molecule has 1 unspecified atom stereocenters. The quantitative estimate of drug-likeness (QED) is 0.817. The van der Waals surface area contributed by atoms with Gasteiger partial charge in [0.25, 0.3) is 5.91 Å². The molecule has 1 saturated carbocycles. The molecule has 1 amide bonds. The number of carbonyl (C=O) groups is 1. The maximum Gasteiger partial charge on any atom is 0.251 e. The van der Waals surface area contributed by atoms with Crippen molar-refractivity contribution in [3.8, 4) is 0 Å². The zero-order chi connectivity index (χ0) is 12.3. The molecule has 92 valence electrons. The van der Waals surface area contributed by atoms with E-state index in [1.807, 2.05) is 24.3 Å². The van der Waals surface area contributed by atoms with Crippen molar-refractivity contribution in [2.24, 2.45) is 5.92 Å². The van der Waals surface area contributed by atoms with E-state index in [0.717, 1.165) is 5.56 Å². The third kappa shape index (κ3) is 3.01. The summed E-state index contributed by atoms with van der Waals surface area (Å²) in [5.41, 5.74) is 1.69. The van der Waals surface area contributed by atoms with Crippen molar-refractivity contribution < 1.29 is 4.79 Å². The Bertz CT molecular complexity index is 401. The molecule has 0 aliphatic heterocycles. The van der Waals surface area contributed by atoms with Gasteiger partial charge < -0.3 is 5.32 Å². The Labute approximate surface area is 107 Å². The van der Waals surface area contributed by atoms with Gasteiger partial charge in [-0.25, -0.2) is 0 Å². The van der Waals surface area contributed by atoms with Crippen LogP contribution in [0.2, 0.25) is 0 Å². The van der Waals surface area contributed by atoms with E-state index in [0.29, 0.717) is 17.4 Å². The minimum atomic E-state index is 0.0105. The van der Waals surface area contributed by atoms with Gasteiger partial charge in [0.15, 0.2) is 0 Å². The fourth-order valence-corrected chi connectivity index (χ4v) is 2.31. The van der Waals surface area contributed by atoms with Crippen molar-refractivity contribution >= 4 is 17.5 Å². The highest BCUT2D eigenvalue weighted by Gasteiger charge is 2.25. The molecular formula is C14H18ClNO. The summed E-state index contributed by atoms with van der Waals surface area (Å²) in [5.74, 6) is 1.12. The Morgan fingerprint density at radius 3 is 2.88 bits per heavy atom. The van der Waals surface area contributed by atoms with E-state index in [9.17, 15) is 4.79 Å². The summed E-state index contributed by atoms with van der Waals surface area (Å²) in [5, 5.41) is 3.07. The third-order valence-electron chi connectivity index (χ3n) is 3.56. The van der Waals surface area contributed by atoms with Crippen LogP contribution in [0.15, 0.2) is 24.3 Å². The standard InChI is InChI=1S/C14H18ClNO/c1-10(12-5-3-6-12)16-14(17)13-7-2-4-11(8-13)9-15/h2,4,7-8,10,12H,3,5-6,9H2,1H3,(H,16,17). The molecule has 1 atom stereocenters. The normalized spacial score (nSPS) is 17.3. The van der Waals surface area contributed by atoms with Gasteiger partial charge in [-0.3, -0.25) is 4.79 Å². The lowest BCUT2D eigenvalue weighted by molar-refractivity contribution is 0.0909. The number of halogens is 1. The molecule has 1 fully saturated rings. The van der Waals surface area contributed by atoms with E-state index >= 15 is 0 Å². The Kier molecular flexibility index (Phi) is 4.06. The molecule has 17 heavy (non-hydrogen) atoms. The molecule has 0 aromatic heterocycles. The first-order valence-electron chi connectivity index (χ1n) is 6.16. The zero-order valence-corrected chi connectivity index (χ0v) is 10.8. The fourth-order valence-electron chi connectivity index (χ4n) is 2.14. The van der Waals surface area contributed by atoms with E-state index in [4.69, 9.17) is 11.6 Å². The molecule has 0 bridgehead atoms. The van der Waals surface area contributed by atoms with Crippen LogP contribution in [0.5, 0.6) is 0 Å². The Morgan fingerprint density at radius 1 is 1.53 bits per heavy atom. The predicted molar refractivity (Wildman–Crippen MR) is 70.3 cm³/mol. The molecule has 0 radical (unpaired) electrons. The Hall–Kier alpha value is -1.02. The van der Waals surface area contributed by atoms with Gasteiger partial charge in [0.05, 0.1) is 0 Å². The van der Waals surface area contributed by atoms with Crippen LogP contribution in [0, 0.1) is 5.92 Å². The number of hydrogen-bond acceptors (Lipinski definition) is 1. The van der Waals surface area contributed by atoms with Crippen LogP contribution in [-0.4, -0.2) is 11.9 Å². The molecule has 3 heteroatoms. The average molecular weight is 252 g/mol. The number of carbonyl (C=O) groups excluding carboxylic acids is 1. The maximum atomic E-state index is 12.0. The zero-order valence-electron chi connectivity index (χ0n) is 10.1. The predicted octanol–water partition coefficient (Wildman–Crippen LogP) is 3.34. The van der Waals surface area contributed by atoms with Crippen molar-refractivity contribution in [3.05, 3.63) is 35.4 Å². The van der Waals surface area contributed by atoms with Gasteiger partial charge in [-0.2, -0.15) is 0 Å².